The third-order valence-electron chi connectivity index (χ3n) is 2.03. The van der Waals surface area contributed by atoms with Crippen LogP contribution in [0, 0.1) is 12.7 Å². The number of nitrogen functional groups attached to an aromatic ring is 1. The summed E-state index contributed by atoms with van der Waals surface area (Å²) in [5, 5.41) is 4.56. The zero-order valence-corrected chi connectivity index (χ0v) is 9.54. The lowest BCUT2D eigenvalue weighted by Gasteiger charge is -2.11. The van der Waals surface area contributed by atoms with Gasteiger partial charge in [0.25, 0.3) is 0 Å². The molecule has 1 aromatic carbocycles. The standard InChI is InChI=1S/C10H14FN5O/c1-5-3-6(12)4-7(11)8(5)15-10(17)16-9(13)14-2/h3-4H,12H2,1-2H3,(H4,13,14,15,16,17). The van der Waals surface area contributed by atoms with Gasteiger partial charge >= 0.3 is 6.03 Å². The van der Waals surface area contributed by atoms with E-state index in [1.165, 1.54) is 7.05 Å². The highest BCUT2D eigenvalue weighted by Crippen LogP contribution is 2.22. The van der Waals surface area contributed by atoms with E-state index in [9.17, 15) is 9.18 Å². The van der Waals surface area contributed by atoms with Gasteiger partial charge in [-0.2, -0.15) is 0 Å². The van der Waals surface area contributed by atoms with E-state index in [-0.39, 0.29) is 11.6 Å². The molecule has 7 heteroatoms. The maximum Gasteiger partial charge on any atom is 0.326 e. The van der Waals surface area contributed by atoms with Crippen molar-refractivity contribution in [2.75, 3.05) is 18.1 Å². The van der Waals surface area contributed by atoms with Gasteiger partial charge in [-0.05, 0) is 24.6 Å². The number of rotatable bonds is 1. The van der Waals surface area contributed by atoms with E-state index in [0.29, 0.717) is 11.3 Å². The predicted molar refractivity (Wildman–Crippen MR) is 65.3 cm³/mol. The Hall–Kier alpha value is -2.31. The van der Waals surface area contributed by atoms with Crippen LogP contribution in [0.25, 0.3) is 0 Å². The van der Waals surface area contributed by atoms with Gasteiger partial charge in [-0.1, -0.05) is 0 Å². The van der Waals surface area contributed by atoms with Crippen molar-refractivity contribution in [3.8, 4) is 0 Å². The SMILES string of the molecule is CN=C(N)NC(=O)Nc1c(C)cc(N)cc1F. The number of hydrogen-bond acceptors (Lipinski definition) is 3. The van der Waals surface area contributed by atoms with Crippen molar-refractivity contribution in [3.05, 3.63) is 23.5 Å². The summed E-state index contributed by atoms with van der Waals surface area (Å²) in [4.78, 5) is 14.9. The summed E-state index contributed by atoms with van der Waals surface area (Å²) in [6.07, 6.45) is 0. The number of carbonyl (C=O) groups excluding carboxylic acids is 1. The molecule has 0 saturated carbocycles. The maximum absolute atomic E-state index is 13.5. The molecule has 92 valence electrons. The van der Waals surface area contributed by atoms with E-state index in [1.807, 2.05) is 0 Å². The number of nitrogens with one attached hydrogen (secondary N) is 2. The fourth-order valence-electron chi connectivity index (χ4n) is 1.25. The molecular weight excluding hydrogens is 225 g/mol. The molecule has 0 radical (unpaired) electrons. The van der Waals surface area contributed by atoms with E-state index >= 15 is 0 Å². The second-order valence-electron chi connectivity index (χ2n) is 3.38. The molecule has 6 N–H and O–H groups in total. The Morgan fingerprint density at radius 2 is 2.12 bits per heavy atom. The summed E-state index contributed by atoms with van der Waals surface area (Å²) in [6, 6.07) is 2.01. The number of benzene rings is 1. The van der Waals surface area contributed by atoms with Crippen LogP contribution in [0.4, 0.5) is 20.6 Å². The number of nitrogens with two attached hydrogens (primary N) is 2. The van der Waals surface area contributed by atoms with Gasteiger partial charge < -0.3 is 16.8 Å². The highest BCUT2D eigenvalue weighted by Gasteiger charge is 2.11. The van der Waals surface area contributed by atoms with Crippen LogP contribution in [0.2, 0.25) is 0 Å². The first-order valence-corrected chi connectivity index (χ1v) is 4.80. The summed E-state index contributed by atoms with van der Waals surface area (Å²) in [5.41, 5.74) is 11.6. The first kappa shape index (κ1) is 12.8. The van der Waals surface area contributed by atoms with Crippen molar-refractivity contribution in [1.82, 2.24) is 5.32 Å². The zero-order chi connectivity index (χ0) is 13.0. The summed E-state index contributed by atoms with van der Waals surface area (Å²) in [6.45, 7) is 1.63. The second-order valence-corrected chi connectivity index (χ2v) is 3.38. The van der Waals surface area contributed by atoms with Gasteiger partial charge in [0.1, 0.15) is 5.82 Å². The van der Waals surface area contributed by atoms with E-state index < -0.39 is 11.8 Å². The number of urea groups is 1. The third-order valence-corrected chi connectivity index (χ3v) is 2.03. The molecule has 0 aromatic heterocycles. The number of aliphatic imine (C=N–C) groups is 1. The normalized spacial score (nSPS) is 11.1. The number of anilines is 2. The quantitative estimate of drug-likeness (QED) is 0.330. The van der Waals surface area contributed by atoms with Crippen molar-refractivity contribution in [3.63, 3.8) is 0 Å². The van der Waals surface area contributed by atoms with Crippen molar-refractivity contribution in [1.29, 1.82) is 0 Å². The minimum absolute atomic E-state index is 0.0561. The van der Waals surface area contributed by atoms with Gasteiger partial charge in [-0.3, -0.25) is 10.3 Å². The molecule has 6 nitrogen and oxygen atoms in total. The molecule has 0 spiro atoms. The minimum Gasteiger partial charge on any atom is -0.399 e. The molecule has 17 heavy (non-hydrogen) atoms. The van der Waals surface area contributed by atoms with Crippen molar-refractivity contribution < 1.29 is 9.18 Å². The first-order valence-electron chi connectivity index (χ1n) is 4.80. The molecule has 0 aliphatic heterocycles. The Labute approximate surface area is 97.9 Å². The van der Waals surface area contributed by atoms with Crippen LogP contribution in [0.15, 0.2) is 17.1 Å². The second kappa shape index (κ2) is 5.15. The largest absolute Gasteiger partial charge is 0.399 e. The molecule has 0 bridgehead atoms. The number of guanidine groups is 1. The Kier molecular flexibility index (Phi) is 3.86. The van der Waals surface area contributed by atoms with Gasteiger partial charge in [0, 0.05) is 12.7 Å². The molecule has 0 aliphatic rings. The number of hydrogen-bond donors (Lipinski definition) is 4. The molecule has 0 atom stereocenters. The van der Waals surface area contributed by atoms with Crippen LogP contribution >= 0.6 is 0 Å². The van der Waals surface area contributed by atoms with Crippen LogP contribution in [-0.2, 0) is 0 Å². The smallest absolute Gasteiger partial charge is 0.326 e. The molecule has 0 aliphatic carbocycles. The summed E-state index contributed by atoms with van der Waals surface area (Å²) in [7, 11) is 1.42. The topological polar surface area (TPSA) is 106 Å². The van der Waals surface area contributed by atoms with Crippen LogP contribution in [0.3, 0.4) is 0 Å². The molecule has 0 unspecified atom stereocenters. The third kappa shape index (κ3) is 3.33. The average molecular weight is 239 g/mol. The van der Waals surface area contributed by atoms with Gasteiger partial charge in [-0.15, -0.1) is 0 Å². The molecule has 0 fully saturated rings. The van der Waals surface area contributed by atoms with Crippen LogP contribution in [0.5, 0.6) is 0 Å². The lowest BCUT2D eigenvalue weighted by atomic mass is 10.1. The Balaban J connectivity index is 2.85. The summed E-state index contributed by atoms with van der Waals surface area (Å²) < 4.78 is 13.5. The Morgan fingerprint density at radius 3 is 2.65 bits per heavy atom. The average Bonchev–Trinajstić information content (AvgIpc) is 2.23. The highest BCUT2D eigenvalue weighted by atomic mass is 19.1. The number of halogens is 1. The number of aryl methyl sites for hydroxylation is 1. The molecule has 0 heterocycles. The zero-order valence-electron chi connectivity index (χ0n) is 9.54. The fourth-order valence-corrected chi connectivity index (χ4v) is 1.25. The van der Waals surface area contributed by atoms with E-state index in [4.69, 9.17) is 11.5 Å². The first-order chi connectivity index (χ1) is 7.93. The van der Waals surface area contributed by atoms with Crippen molar-refractivity contribution in [2.45, 2.75) is 6.92 Å². The molecular formula is C10H14FN5O. The minimum atomic E-state index is -0.667. The van der Waals surface area contributed by atoms with Gasteiger partial charge in [0.05, 0.1) is 5.69 Å². The molecule has 1 rings (SSSR count). The molecule has 2 amide bonds. The van der Waals surface area contributed by atoms with Crippen molar-refractivity contribution >= 4 is 23.4 Å². The fraction of sp³-hybridized carbons (Fsp3) is 0.200. The van der Waals surface area contributed by atoms with E-state index in [2.05, 4.69) is 15.6 Å². The lowest BCUT2D eigenvalue weighted by molar-refractivity contribution is 0.256. The predicted octanol–water partition coefficient (Wildman–Crippen LogP) is 0.782. The van der Waals surface area contributed by atoms with E-state index in [1.54, 1.807) is 13.0 Å². The highest BCUT2D eigenvalue weighted by molar-refractivity contribution is 6.02. The maximum atomic E-state index is 13.5. The van der Waals surface area contributed by atoms with Gasteiger partial charge in [0.2, 0.25) is 0 Å². The van der Waals surface area contributed by atoms with Crippen LogP contribution in [0.1, 0.15) is 5.56 Å². The molecule has 1 aromatic rings. The van der Waals surface area contributed by atoms with Crippen LogP contribution < -0.4 is 22.1 Å². The number of amides is 2. The summed E-state index contributed by atoms with van der Waals surface area (Å²) in [5.74, 6) is -0.666. The van der Waals surface area contributed by atoms with Gasteiger partial charge in [0.15, 0.2) is 5.96 Å². The Bertz CT molecular complexity index is 449. The Morgan fingerprint density at radius 1 is 1.47 bits per heavy atom. The van der Waals surface area contributed by atoms with E-state index in [0.717, 1.165) is 6.07 Å². The van der Waals surface area contributed by atoms with Gasteiger partial charge in [-0.25, -0.2) is 9.18 Å². The number of nitrogens with zero attached hydrogens (tertiary/aromatic N) is 1. The van der Waals surface area contributed by atoms with Crippen LogP contribution in [-0.4, -0.2) is 19.0 Å². The lowest BCUT2D eigenvalue weighted by Crippen LogP contribution is -2.39. The number of carbonyl (C=O) groups is 1. The molecule has 0 saturated heterocycles. The monoisotopic (exact) mass is 239 g/mol. The summed E-state index contributed by atoms with van der Waals surface area (Å²) >= 11 is 0. The van der Waals surface area contributed by atoms with Crippen molar-refractivity contribution in [2.24, 2.45) is 10.7 Å².